The molecule has 0 atom stereocenters. The molecule has 1 aliphatic rings. The minimum atomic E-state index is 0.423. The van der Waals surface area contributed by atoms with E-state index in [-0.39, 0.29) is 0 Å². The molecule has 6 nitrogen and oxygen atoms in total. The van der Waals surface area contributed by atoms with Crippen molar-refractivity contribution in [1.29, 1.82) is 0 Å². The smallest absolute Gasteiger partial charge is 0.164 e. The first kappa shape index (κ1) is 11.3. The molecular formula is C14H14N6. The summed E-state index contributed by atoms with van der Waals surface area (Å²) in [5.74, 6) is 1.73. The average molecular weight is 266 g/mol. The Kier molecular flexibility index (Phi) is 2.42. The van der Waals surface area contributed by atoms with Crippen LogP contribution < -0.4 is 4.90 Å². The van der Waals surface area contributed by atoms with Crippen molar-refractivity contribution in [2.75, 3.05) is 18.0 Å². The minimum Gasteiger partial charge on any atom is -0.352 e. The van der Waals surface area contributed by atoms with E-state index < -0.39 is 0 Å². The van der Waals surface area contributed by atoms with Gasteiger partial charge in [-0.1, -0.05) is 0 Å². The third kappa shape index (κ3) is 1.72. The van der Waals surface area contributed by atoms with Crippen LogP contribution in [0.25, 0.3) is 11.0 Å². The van der Waals surface area contributed by atoms with Crippen LogP contribution in [0, 0.1) is 6.92 Å². The van der Waals surface area contributed by atoms with E-state index in [4.69, 9.17) is 0 Å². The van der Waals surface area contributed by atoms with Crippen molar-refractivity contribution in [1.82, 2.24) is 24.7 Å². The van der Waals surface area contributed by atoms with Gasteiger partial charge >= 0.3 is 0 Å². The molecular weight excluding hydrogens is 252 g/mol. The Morgan fingerprint density at radius 3 is 2.85 bits per heavy atom. The average Bonchev–Trinajstić information content (AvgIpc) is 2.90. The summed E-state index contributed by atoms with van der Waals surface area (Å²) in [6.07, 6.45) is 5.59. The van der Waals surface area contributed by atoms with Gasteiger partial charge in [-0.2, -0.15) is 5.10 Å². The van der Waals surface area contributed by atoms with Crippen molar-refractivity contribution in [3.63, 3.8) is 0 Å². The van der Waals surface area contributed by atoms with Gasteiger partial charge in [0.2, 0.25) is 0 Å². The summed E-state index contributed by atoms with van der Waals surface area (Å²) in [7, 11) is 0. The number of nitrogens with zero attached hydrogens (tertiary/aromatic N) is 6. The molecule has 0 bridgehead atoms. The third-order valence-corrected chi connectivity index (χ3v) is 3.62. The summed E-state index contributed by atoms with van der Waals surface area (Å²) in [5.41, 5.74) is 0.762. The van der Waals surface area contributed by atoms with E-state index in [0.717, 1.165) is 35.8 Å². The first-order chi connectivity index (χ1) is 9.81. The van der Waals surface area contributed by atoms with Gasteiger partial charge in [0, 0.05) is 31.7 Å². The molecule has 0 unspecified atom stereocenters. The highest BCUT2D eigenvalue weighted by molar-refractivity contribution is 5.87. The molecule has 0 spiro atoms. The minimum absolute atomic E-state index is 0.423. The third-order valence-electron chi connectivity index (χ3n) is 3.62. The zero-order valence-corrected chi connectivity index (χ0v) is 11.1. The molecule has 1 fully saturated rings. The van der Waals surface area contributed by atoms with Gasteiger partial charge in [0.05, 0.1) is 11.4 Å². The van der Waals surface area contributed by atoms with Crippen LogP contribution in [0.3, 0.4) is 0 Å². The summed E-state index contributed by atoms with van der Waals surface area (Å²) in [6.45, 7) is 3.74. The van der Waals surface area contributed by atoms with Crippen molar-refractivity contribution in [3.05, 3.63) is 42.6 Å². The molecule has 0 saturated carbocycles. The molecule has 20 heavy (non-hydrogen) atoms. The maximum absolute atomic E-state index is 4.58. The summed E-state index contributed by atoms with van der Waals surface area (Å²) in [5, 5.41) is 5.30. The Labute approximate surface area is 116 Å². The fraction of sp³-hybridized carbons (Fsp3) is 0.286. The van der Waals surface area contributed by atoms with E-state index in [9.17, 15) is 0 Å². The fourth-order valence-corrected chi connectivity index (χ4v) is 2.59. The van der Waals surface area contributed by atoms with Crippen molar-refractivity contribution >= 4 is 16.9 Å². The van der Waals surface area contributed by atoms with Crippen LogP contribution in [-0.4, -0.2) is 37.8 Å². The molecule has 0 radical (unpaired) electrons. The highest BCUT2D eigenvalue weighted by atomic mass is 15.4. The number of rotatable bonds is 2. The van der Waals surface area contributed by atoms with Gasteiger partial charge in [-0.3, -0.25) is 4.68 Å². The molecule has 6 heteroatoms. The van der Waals surface area contributed by atoms with Crippen LogP contribution in [0.4, 0.5) is 5.82 Å². The molecule has 1 saturated heterocycles. The standard InChI is InChI=1S/C14H14N6/c1-10-17-13-12(4-2-5-15-13)14(18-10)19-8-11(9-19)20-7-3-6-16-20/h2-7,11H,8-9H2,1H3. The second-order valence-corrected chi connectivity index (χ2v) is 5.01. The van der Waals surface area contributed by atoms with Gasteiger partial charge in [-0.05, 0) is 25.1 Å². The van der Waals surface area contributed by atoms with Crippen molar-refractivity contribution in [3.8, 4) is 0 Å². The quantitative estimate of drug-likeness (QED) is 0.705. The molecule has 0 N–H and O–H groups in total. The lowest BCUT2D eigenvalue weighted by atomic mass is 10.1. The zero-order valence-electron chi connectivity index (χ0n) is 11.1. The first-order valence-electron chi connectivity index (χ1n) is 6.65. The Morgan fingerprint density at radius 2 is 2.05 bits per heavy atom. The molecule has 0 amide bonds. The van der Waals surface area contributed by atoms with Gasteiger partial charge in [0.15, 0.2) is 5.65 Å². The van der Waals surface area contributed by atoms with E-state index in [1.165, 1.54) is 0 Å². The number of anilines is 1. The molecule has 3 aromatic rings. The predicted octanol–water partition coefficient (Wildman–Crippen LogP) is 1.59. The number of hydrogen-bond acceptors (Lipinski definition) is 5. The summed E-state index contributed by atoms with van der Waals surface area (Å²) in [4.78, 5) is 15.5. The number of hydrogen-bond donors (Lipinski definition) is 0. The monoisotopic (exact) mass is 266 g/mol. The normalized spacial score (nSPS) is 15.6. The molecule has 0 aromatic carbocycles. The van der Waals surface area contributed by atoms with Crippen LogP contribution in [-0.2, 0) is 0 Å². The van der Waals surface area contributed by atoms with Crippen LogP contribution in [0.1, 0.15) is 11.9 Å². The lowest BCUT2D eigenvalue weighted by molar-refractivity contribution is 0.366. The molecule has 100 valence electrons. The molecule has 4 rings (SSSR count). The molecule has 1 aliphatic heterocycles. The van der Waals surface area contributed by atoms with Crippen LogP contribution in [0.2, 0.25) is 0 Å². The van der Waals surface area contributed by atoms with Crippen LogP contribution in [0.15, 0.2) is 36.8 Å². The van der Waals surface area contributed by atoms with Gasteiger partial charge < -0.3 is 4.90 Å². The predicted molar refractivity (Wildman–Crippen MR) is 75.5 cm³/mol. The van der Waals surface area contributed by atoms with Gasteiger partial charge in [-0.25, -0.2) is 15.0 Å². The van der Waals surface area contributed by atoms with E-state index in [0.29, 0.717) is 6.04 Å². The zero-order chi connectivity index (χ0) is 13.5. The van der Waals surface area contributed by atoms with Crippen molar-refractivity contribution in [2.24, 2.45) is 0 Å². The van der Waals surface area contributed by atoms with E-state index in [1.54, 1.807) is 6.20 Å². The van der Waals surface area contributed by atoms with Crippen LogP contribution >= 0.6 is 0 Å². The number of fused-ring (bicyclic) bond motifs is 1. The fourth-order valence-electron chi connectivity index (χ4n) is 2.59. The van der Waals surface area contributed by atoms with Crippen molar-refractivity contribution in [2.45, 2.75) is 13.0 Å². The number of aromatic nitrogens is 5. The highest BCUT2D eigenvalue weighted by Gasteiger charge is 2.30. The Balaban J connectivity index is 1.67. The number of pyridine rings is 1. The second kappa shape index (κ2) is 4.26. The lowest BCUT2D eigenvalue weighted by Crippen LogP contribution is -2.48. The Hall–Kier alpha value is -2.50. The maximum Gasteiger partial charge on any atom is 0.164 e. The molecule has 3 aromatic heterocycles. The van der Waals surface area contributed by atoms with Gasteiger partial charge in [0.25, 0.3) is 0 Å². The highest BCUT2D eigenvalue weighted by Crippen LogP contribution is 2.30. The van der Waals surface area contributed by atoms with E-state index in [2.05, 4.69) is 25.0 Å². The van der Waals surface area contributed by atoms with Gasteiger partial charge in [-0.15, -0.1) is 0 Å². The van der Waals surface area contributed by atoms with E-state index in [1.807, 2.05) is 42.2 Å². The SMILES string of the molecule is Cc1nc(N2CC(n3cccn3)C2)c2cccnc2n1. The van der Waals surface area contributed by atoms with Crippen LogP contribution in [0.5, 0.6) is 0 Å². The summed E-state index contributed by atoms with van der Waals surface area (Å²) < 4.78 is 2.00. The first-order valence-corrected chi connectivity index (χ1v) is 6.65. The summed E-state index contributed by atoms with van der Waals surface area (Å²) in [6, 6.07) is 6.33. The van der Waals surface area contributed by atoms with E-state index >= 15 is 0 Å². The van der Waals surface area contributed by atoms with Gasteiger partial charge in [0.1, 0.15) is 11.6 Å². The lowest BCUT2D eigenvalue weighted by Gasteiger charge is -2.40. The maximum atomic E-state index is 4.58. The topological polar surface area (TPSA) is 59.7 Å². The molecule has 0 aliphatic carbocycles. The number of aryl methyl sites for hydroxylation is 1. The molecule has 4 heterocycles. The Bertz CT molecular complexity index is 745. The second-order valence-electron chi connectivity index (χ2n) is 5.01. The Morgan fingerprint density at radius 1 is 1.15 bits per heavy atom. The summed E-state index contributed by atoms with van der Waals surface area (Å²) >= 11 is 0. The van der Waals surface area contributed by atoms with Crippen molar-refractivity contribution < 1.29 is 0 Å². The largest absolute Gasteiger partial charge is 0.352 e.